The lowest BCUT2D eigenvalue weighted by Gasteiger charge is -1.88. The van der Waals surface area contributed by atoms with E-state index in [0.29, 0.717) is 6.42 Å². The lowest BCUT2D eigenvalue weighted by Crippen LogP contribution is -1.71. The Hall–Kier alpha value is -1.29. The van der Waals surface area contributed by atoms with Gasteiger partial charge < -0.3 is 0 Å². The Bertz CT molecular complexity index is 206. The summed E-state index contributed by atoms with van der Waals surface area (Å²) in [6.07, 6.45) is 15.0. The highest BCUT2D eigenvalue weighted by molar-refractivity contribution is 5.03. The second kappa shape index (κ2) is 10.7. The third-order valence-electron chi connectivity index (χ3n) is 1.60. The summed E-state index contributed by atoms with van der Waals surface area (Å²) in [5.41, 5.74) is 0. The summed E-state index contributed by atoms with van der Waals surface area (Å²) in [6.45, 7) is 3.62. The van der Waals surface area contributed by atoms with Crippen molar-refractivity contribution >= 4 is 0 Å². The molecule has 0 heterocycles. The average Bonchev–Trinajstić information content (AvgIpc) is 2.16. The van der Waals surface area contributed by atoms with Crippen molar-refractivity contribution in [2.75, 3.05) is 0 Å². The predicted octanol–water partition coefficient (Wildman–Crippen LogP) is 3.76. The fraction of sp³-hybridized carbons (Fsp3) is 0.417. The maximum atomic E-state index is 8.28. The second-order valence-electron chi connectivity index (χ2n) is 2.78. The first-order valence-corrected chi connectivity index (χ1v) is 4.71. The highest BCUT2D eigenvalue weighted by atomic mass is 14.2. The van der Waals surface area contributed by atoms with Crippen molar-refractivity contribution in [1.29, 1.82) is 5.26 Å². The van der Waals surface area contributed by atoms with Gasteiger partial charge in [-0.1, -0.05) is 30.4 Å². The van der Waals surface area contributed by atoms with Crippen LogP contribution in [0.15, 0.2) is 37.0 Å². The van der Waals surface area contributed by atoms with Gasteiger partial charge in [0.2, 0.25) is 0 Å². The van der Waals surface area contributed by atoms with Gasteiger partial charge in [0.15, 0.2) is 0 Å². The lowest BCUT2D eigenvalue weighted by molar-refractivity contribution is 0.768. The van der Waals surface area contributed by atoms with Crippen molar-refractivity contribution in [3.05, 3.63) is 37.0 Å². The van der Waals surface area contributed by atoms with Gasteiger partial charge in [0, 0.05) is 6.42 Å². The van der Waals surface area contributed by atoms with Crippen LogP contribution >= 0.6 is 0 Å². The van der Waals surface area contributed by atoms with Crippen LogP contribution < -0.4 is 0 Å². The van der Waals surface area contributed by atoms with E-state index in [4.69, 9.17) is 5.26 Å². The molecule has 13 heavy (non-hydrogen) atoms. The summed E-state index contributed by atoms with van der Waals surface area (Å²) in [4.78, 5) is 0. The first-order valence-electron chi connectivity index (χ1n) is 4.71. The fourth-order valence-electron chi connectivity index (χ4n) is 0.894. The largest absolute Gasteiger partial charge is 0.198 e. The topological polar surface area (TPSA) is 23.8 Å². The zero-order chi connectivity index (χ0) is 9.78. The van der Waals surface area contributed by atoms with Gasteiger partial charge in [0.25, 0.3) is 0 Å². The summed E-state index contributed by atoms with van der Waals surface area (Å²) in [6, 6.07) is 2.14. The van der Waals surface area contributed by atoms with Crippen LogP contribution in [0.4, 0.5) is 0 Å². The smallest absolute Gasteiger partial charge is 0.0621 e. The fourth-order valence-corrected chi connectivity index (χ4v) is 0.894. The van der Waals surface area contributed by atoms with Crippen molar-refractivity contribution < 1.29 is 0 Å². The normalized spacial score (nSPS) is 10.7. The zero-order valence-electron chi connectivity index (χ0n) is 8.08. The molecule has 0 amide bonds. The van der Waals surface area contributed by atoms with E-state index in [0.717, 1.165) is 25.7 Å². The van der Waals surface area contributed by atoms with Gasteiger partial charge in [-0.25, -0.2) is 0 Å². The van der Waals surface area contributed by atoms with Crippen LogP contribution in [0.3, 0.4) is 0 Å². The highest BCUT2D eigenvalue weighted by Gasteiger charge is 1.82. The highest BCUT2D eigenvalue weighted by Crippen LogP contribution is 1.99. The van der Waals surface area contributed by atoms with Gasteiger partial charge in [-0.3, -0.25) is 0 Å². The number of rotatable bonds is 7. The summed E-state index contributed by atoms with van der Waals surface area (Å²) in [5, 5.41) is 8.28. The van der Waals surface area contributed by atoms with Crippen molar-refractivity contribution in [2.24, 2.45) is 0 Å². The Balaban J connectivity index is 3.22. The number of hydrogen-bond acceptors (Lipinski definition) is 1. The molecule has 70 valence electrons. The van der Waals surface area contributed by atoms with E-state index >= 15 is 0 Å². The monoisotopic (exact) mass is 175 g/mol. The van der Waals surface area contributed by atoms with Crippen LogP contribution in [0.25, 0.3) is 0 Å². The van der Waals surface area contributed by atoms with E-state index < -0.39 is 0 Å². The maximum Gasteiger partial charge on any atom is 0.0621 e. The minimum Gasteiger partial charge on any atom is -0.198 e. The Morgan fingerprint density at radius 1 is 1.15 bits per heavy atom. The quantitative estimate of drug-likeness (QED) is 0.328. The van der Waals surface area contributed by atoms with E-state index in [2.05, 4.69) is 30.9 Å². The number of unbranched alkanes of at least 4 members (excludes halogenated alkanes) is 3. The minimum absolute atomic E-state index is 0.681. The van der Waals surface area contributed by atoms with E-state index in [1.54, 1.807) is 0 Å². The first kappa shape index (κ1) is 11.7. The third kappa shape index (κ3) is 10.7. The summed E-state index contributed by atoms with van der Waals surface area (Å²) in [7, 11) is 0. The third-order valence-corrected chi connectivity index (χ3v) is 1.60. The molecule has 0 bridgehead atoms. The van der Waals surface area contributed by atoms with Gasteiger partial charge in [-0.15, -0.1) is 6.58 Å². The van der Waals surface area contributed by atoms with Gasteiger partial charge in [0.1, 0.15) is 0 Å². The molecule has 0 aliphatic carbocycles. The molecule has 0 saturated heterocycles. The molecular weight excluding hydrogens is 158 g/mol. The van der Waals surface area contributed by atoms with Crippen LogP contribution in [-0.2, 0) is 0 Å². The van der Waals surface area contributed by atoms with Gasteiger partial charge in [-0.05, 0) is 25.7 Å². The van der Waals surface area contributed by atoms with Gasteiger partial charge in [0.05, 0.1) is 6.07 Å². The van der Waals surface area contributed by atoms with Crippen molar-refractivity contribution in [2.45, 2.75) is 32.1 Å². The molecule has 0 aromatic rings. The summed E-state index contributed by atoms with van der Waals surface area (Å²) >= 11 is 0. The van der Waals surface area contributed by atoms with Crippen LogP contribution in [0.2, 0.25) is 0 Å². The average molecular weight is 175 g/mol. The molecule has 0 N–H and O–H groups in total. The molecule has 0 aromatic carbocycles. The van der Waals surface area contributed by atoms with Crippen molar-refractivity contribution in [1.82, 2.24) is 0 Å². The molecule has 0 atom stereocenters. The number of nitrogens with zero attached hydrogens (tertiary/aromatic N) is 1. The molecule has 0 radical (unpaired) electrons. The maximum absolute atomic E-state index is 8.28. The molecular formula is C12H17N. The van der Waals surface area contributed by atoms with Crippen LogP contribution in [0.1, 0.15) is 32.1 Å². The van der Waals surface area contributed by atoms with Crippen LogP contribution in [0.5, 0.6) is 0 Å². The lowest BCUT2D eigenvalue weighted by atomic mass is 10.2. The van der Waals surface area contributed by atoms with Crippen LogP contribution in [-0.4, -0.2) is 0 Å². The molecule has 0 fully saturated rings. The first-order chi connectivity index (χ1) is 6.41. The van der Waals surface area contributed by atoms with Gasteiger partial charge >= 0.3 is 0 Å². The van der Waals surface area contributed by atoms with Crippen LogP contribution in [0, 0.1) is 11.3 Å². The Labute approximate surface area is 81.1 Å². The SMILES string of the molecule is C=CC/C=C/C=C/CCCCC#N. The van der Waals surface area contributed by atoms with Gasteiger partial charge in [-0.2, -0.15) is 5.26 Å². The van der Waals surface area contributed by atoms with Crippen molar-refractivity contribution in [3.63, 3.8) is 0 Å². The molecule has 1 heteroatoms. The Kier molecular flexibility index (Phi) is 9.65. The molecule has 0 aliphatic heterocycles. The van der Waals surface area contributed by atoms with E-state index in [-0.39, 0.29) is 0 Å². The summed E-state index contributed by atoms with van der Waals surface area (Å²) in [5.74, 6) is 0. The molecule has 1 nitrogen and oxygen atoms in total. The summed E-state index contributed by atoms with van der Waals surface area (Å²) < 4.78 is 0. The number of nitriles is 1. The predicted molar refractivity (Wildman–Crippen MR) is 57.2 cm³/mol. The van der Waals surface area contributed by atoms with E-state index in [1.165, 1.54) is 0 Å². The second-order valence-corrected chi connectivity index (χ2v) is 2.78. The number of allylic oxidation sites excluding steroid dienone is 5. The number of hydrogen-bond donors (Lipinski definition) is 0. The molecule has 0 spiro atoms. The molecule has 0 saturated carbocycles. The van der Waals surface area contributed by atoms with E-state index in [1.807, 2.05) is 12.2 Å². The molecule has 0 aliphatic rings. The Morgan fingerprint density at radius 3 is 2.62 bits per heavy atom. The standard InChI is InChI=1S/C12H17N/c1-2-3-4-5-6-7-8-9-10-11-12-13/h2,4-7H,1,3,8-11H2/b5-4+,7-6+. The zero-order valence-corrected chi connectivity index (χ0v) is 8.08. The van der Waals surface area contributed by atoms with E-state index in [9.17, 15) is 0 Å². The Morgan fingerprint density at radius 2 is 1.92 bits per heavy atom. The molecule has 0 aromatic heterocycles. The molecule has 0 unspecified atom stereocenters. The molecule has 0 rings (SSSR count). The van der Waals surface area contributed by atoms with Crippen molar-refractivity contribution in [3.8, 4) is 6.07 Å². The minimum atomic E-state index is 0.681.